The molecule has 3 saturated carbocycles. The number of nitrogens with two attached hydrogens (primary N) is 1. The first-order valence-corrected chi connectivity index (χ1v) is 34.9. The first-order valence-electron chi connectivity index (χ1n) is 33.4. The summed E-state index contributed by atoms with van der Waals surface area (Å²) in [6.45, 7) is 19.9. The molecule has 3 amide bonds. The van der Waals surface area contributed by atoms with Crippen molar-refractivity contribution >= 4 is 139 Å². The first kappa shape index (κ1) is 90.0. The van der Waals surface area contributed by atoms with E-state index < -0.39 is 29.1 Å². The fraction of sp³-hybridized carbons (Fsp3) is 0.446. The minimum atomic E-state index is -1.08. The molecule has 3 aliphatic rings. The average Bonchev–Trinajstić information content (AvgIpc) is 1.78. The summed E-state index contributed by atoms with van der Waals surface area (Å²) in [7, 11) is 9.92. The molecule has 103 heavy (non-hydrogen) atoms. The van der Waals surface area contributed by atoms with Crippen LogP contribution in [0.15, 0.2) is 135 Å². The molecule has 0 aliphatic heterocycles. The summed E-state index contributed by atoms with van der Waals surface area (Å²) in [4.78, 5) is 99.4. The number of amides is 3. The number of hydrogen-bond donors (Lipinski definition) is 5. The average molecular weight is 1550 g/mol. The van der Waals surface area contributed by atoms with Gasteiger partial charge in [-0.3, -0.25) is 14.4 Å². The molecule has 5 aromatic heterocycles. The third-order valence-corrected chi connectivity index (χ3v) is 18.3. The van der Waals surface area contributed by atoms with Crippen molar-refractivity contribution in [1.29, 1.82) is 0 Å². The summed E-state index contributed by atoms with van der Waals surface area (Å²) >= 11 is 6.93. The van der Waals surface area contributed by atoms with Gasteiger partial charge < -0.3 is 60.0 Å². The van der Waals surface area contributed by atoms with E-state index in [1.54, 1.807) is 51.8 Å². The van der Waals surface area contributed by atoms with Crippen molar-refractivity contribution in [3.05, 3.63) is 138 Å². The molecule has 3 fully saturated rings. The minimum Gasteiger partial charge on any atom is -0.550 e. The van der Waals surface area contributed by atoms with E-state index in [1.807, 2.05) is 93.6 Å². The number of oxazole rings is 2. The van der Waals surface area contributed by atoms with Crippen LogP contribution in [0.2, 0.25) is 0 Å². The van der Waals surface area contributed by atoms with Gasteiger partial charge in [-0.15, -0.1) is 13.2 Å². The standard InChI is InChI=1S/C22H26N4O2.C18H22BrN3O.C16H18BrN3O.C10H17BNO3.C4H6O4.C2H4O2.C2H4.B.Na/c1-14-23-13-20(28-14)16-4-5-17-12-24-21(11-18(17)10-16)25-22(27)15-6-8-19(9-7-15)26(2)3;1-22(2)16-7-4-12(5-8-16)18(23)21-17-10-14-9-15(19)6-3-13(14)11-20-17;17-13-4-1-11-9-19-15(8-12(11)7-13)20-16(21)10-2-5-14(18)6-3-10;1-7-12-6-8(14-7)11-15-10(4,5)9(2,3)13;1-3(5)7-8-4(2)6;1-2(3)4;1-2;;/h4-5,10-13,15,19H,6-9H2,1-3H3,(H,24,25,27);3,6,9-12,16H,4-5,7-8H2,1-2H3,(H,20,21,23);1,4,7-10,14H,2-3,5-6,18H2,(H,19,20,21);6,13H,1-5H3;1-2H3;1H3,(H,3,4);1-2H2;;/q;;;;;;;;+1/p-1. The topological polar surface area (TPSA) is 333 Å². The van der Waals surface area contributed by atoms with Gasteiger partial charge in [-0.25, -0.2) is 44.3 Å². The number of fused-ring (bicyclic) bond motifs is 3. The van der Waals surface area contributed by atoms with Crippen LogP contribution in [0, 0.1) is 31.6 Å². The van der Waals surface area contributed by atoms with Crippen LogP contribution in [-0.2, 0) is 43.2 Å². The van der Waals surface area contributed by atoms with Gasteiger partial charge in [-0.05, 0) is 205 Å². The van der Waals surface area contributed by atoms with Crippen LogP contribution in [0.5, 0.6) is 0 Å². The van der Waals surface area contributed by atoms with Gasteiger partial charge in [0.2, 0.25) is 17.7 Å². The number of rotatable bonds is 13. The Kier molecular flexibility index (Phi) is 38.3. The van der Waals surface area contributed by atoms with Crippen molar-refractivity contribution in [2.75, 3.05) is 44.1 Å². The fourth-order valence-electron chi connectivity index (χ4n) is 10.9. The molecule has 4 radical (unpaired) electrons. The van der Waals surface area contributed by atoms with E-state index in [9.17, 15) is 29.1 Å². The van der Waals surface area contributed by atoms with Gasteiger partial charge in [0, 0.05) is 127 Å². The summed E-state index contributed by atoms with van der Waals surface area (Å²) in [5, 5.41) is 33.9. The van der Waals surface area contributed by atoms with Crippen LogP contribution in [0.1, 0.15) is 137 Å². The SMILES string of the molecule is C=C.CC(=O)OOC(C)=O.CC(=O)[O-].CN(C)C1CCC(C(=O)Nc2cc3cc(Br)ccc3cn2)CC1.Cc1ncc(-c2ccc3cnc(NC(=O)C4CCC(N(C)C)CC4)cc3c2)o1.Cc1ncc([B]OC(C)(C)C(C)(C)O)o1.NC1CCC(C(=O)Nc2cc3cc(Br)ccc3cn2)CC1.[B].[Na+]. The van der Waals surface area contributed by atoms with Crippen LogP contribution in [-0.4, -0.2) is 149 Å². The smallest absolute Gasteiger partial charge is 0.550 e. The zero-order valence-corrected chi connectivity index (χ0v) is 66.8. The molecule has 546 valence electrons. The maximum Gasteiger partial charge on any atom is 1.00 e. The van der Waals surface area contributed by atoms with E-state index in [2.05, 4.69) is 134 Å². The molecule has 29 heteroatoms. The number of anilines is 3. The van der Waals surface area contributed by atoms with E-state index in [0.29, 0.717) is 47.0 Å². The minimum absolute atomic E-state index is 0. The van der Waals surface area contributed by atoms with E-state index in [-0.39, 0.29) is 79.5 Å². The van der Waals surface area contributed by atoms with Crippen molar-refractivity contribution in [1.82, 2.24) is 34.7 Å². The van der Waals surface area contributed by atoms with Crippen LogP contribution >= 0.6 is 31.9 Å². The third kappa shape index (κ3) is 30.8. The molecule has 5 heterocycles. The number of halogens is 2. The third-order valence-electron chi connectivity index (χ3n) is 17.3. The summed E-state index contributed by atoms with van der Waals surface area (Å²) in [6.07, 6.45) is 20.3. The first-order chi connectivity index (χ1) is 47.7. The molecule has 3 aliphatic carbocycles. The van der Waals surface area contributed by atoms with Crippen LogP contribution < -0.4 is 62.0 Å². The summed E-state index contributed by atoms with van der Waals surface area (Å²) in [5.41, 5.74) is 5.76. The Morgan fingerprint density at radius 1 is 0.553 bits per heavy atom. The Bertz CT molecular complexity index is 4000. The number of benzene rings is 3. The number of hydrogen-bond acceptors (Lipinski definition) is 21. The van der Waals surface area contributed by atoms with Crippen molar-refractivity contribution in [2.24, 2.45) is 23.5 Å². The largest absolute Gasteiger partial charge is 1.00 e. The van der Waals surface area contributed by atoms with Gasteiger partial charge in [-0.1, -0.05) is 56.1 Å². The second kappa shape index (κ2) is 43.9. The Morgan fingerprint density at radius 3 is 1.23 bits per heavy atom. The van der Waals surface area contributed by atoms with E-state index in [4.69, 9.17) is 29.1 Å². The Labute approximate surface area is 646 Å². The molecule has 6 N–H and O–H groups in total. The molecule has 0 saturated heterocycles. The van der Waals surface area contributed by atoms with Gasteiger partial charge in [0.05, 0.1) is 23.6 Å². The number of carbonyl (C=O) groups is 6. The number of nitrogens with zero attached hydrogens (tertiary/aromatic N) is 7. The number of carboxylic acids is 1. The number of carboxylic acid groups (broad SMARTS) is 1. The maximum absolute atomic E-state index is 12.7. The van der Waals surface area contributed by atoms with E-state index in [1.165, 1.54) is 7.48 Å². The van der Waals surface area contributed by atoms with Gasteiger partial charge in [-0.2, -0.15) is 0 Å². The molecule has 0 unspecified atom stereocenters. The summed E-state index contributed by atoms with van der Waals surface area (Å²) in [5.74, 6) is 1.91. The molecule has 0 bridgehead atoms. The molecular weight excluding hydrogens is 1460 g/mol. The molecular formula is C74H96B2Br2N11NaO13. The number of carbonyl (C=O) groups excluding carboxylic acids is 6. The number of aliphatic carboxylic acids is 1. The molecule has 24 nitrogen and oxygen atoms in total. The second-order valence-electron chi connectivity index (χ2n) is 26.2. The van der Waals surface area contributed by atoms with Gasteiger partial charge in [0.15, 0.2) is 17.5 Å². The predicted molar refractivity (Wildman–Crippen MR) is 405 cm³/mol. The van der Waals surface area contributed by atoms with E-state index >= 15 is 0 Å². The predicted octanol–water partition coefficient (Wildman–Crippen LogP) is 8.77. The molecule has 3 aromatic carbocycles. The number of nitrogens with one attached hydrogen (secondary N) is 3. The number of aromatic nitrogens is 5. The maximum atomic E-state index is 12.7. The zero-order valence-electron chi connectivity index (χ0n) is 61.6. The number of aliphatic hydroxyl groups is 1. The summed E-state index contributed by atoms with van der Waals surface area (Å²) < 4.78 is 18.4. The number of pyridine rings is 3. The molecule has 0 atom stereocenters. The Balaban J connectivity index is 0.000000339. The van der Waals surface area contributed by atoms with Crippen LogP contribution in [0.3, 0.4) is 0 Å². The molecule has 11 rings (SSSR count). The zero-order chi connectivity index (χ0) is 74.7. The molecule has 0 spiro atoms. The van der Waals surface area contributed by atoms with Gasteiger partial charge >= 0.3 is 49.0 Å². The molecule has 8 aromatic rings. The van der Waals surface area contributed by atoms with Crippen LogP contribution in [0.4, 0.5) is 17.5 Å². The summed E-state index contributed by atoms with van der Waals surface area (Å²) in [6, 6.07) is 25.3. The van der Waals surface area contributed by atoms with Crippen molar-refractivity contribution in [2.45, 2.75) is 169 Å². The van der Waals surface area contributed by atoms with Crippen molar-refractivity contribution in [3.8, 4) is 11.3 Å². The Morgan fingerprint density at radius 2 is 0.903 bits per heavy atom. The van der Waals surface area contributed by atoms with Crippen molar-refractivity contribution in [3.63, 3.8) is 0 Å². The van der Waals surface area contributed by atoms with Crippen LogP contribution in [0.25, 0.3) is 43.6 Å². The normalized spacial score (nSPS) is 17.5. The quantitative estimate of drug-likeness (QED) is 0.0311. The van der Waals surface area contributed by atoms with E-state index in [0.717, 1.165) is 150 Å². The number of aryl methyl sites for hydroxylation is 2. The van der Waals surface area contributed by atoms with Crippen molar-refractivity contribution < 1.29 is 91.8 Å². The Hall–Kier alpha value is -7.24. The second-order valence-corrected chi connectivity index (χ2v) is 28.1. The van der Waals surface area contributed by atoms with Gasteiger partial charge in [0.1, 0.15) is 23.1 Å². The fourth-order valence-corrected chi connectivity index (χ4v) is 11.6. The van der Waals surface area contributed by atoms with Gasteiger partial charge in [0.25, 0.3) is 0 Å². The monoisotopic (exact) mass is 1550 g/mol.